The summed E-state index contributed by atoms with van der Waals surface area (Å²) in [5, 5.41) is 1.17. The summed E-state index contributed by atoms with van der Waals surface area (Å²) in [6.45, 7) is 0. The zero-order chi connectivity index (χ0) is 10.5. The molecule has 0 aliphatic carbocycles. The van der Waals surface area contributed by atoms with Crippen molar-refractivity contribution in [3.05, 3.63) is 41.4 Å². The first-order valence-corrected chi connectivity index (χ1v) is 6.30. The summed E-state index contributed by atoms with van der Waals surface area (Å²) in [6, 6.07) is 8.24. The highest BCUT2D eigenvalue weighted by molar-refractivity contribution is 7.18. The number of thiazole rings is 1. The minimum Gasteiger partial charge on any atom is -0.241 e. The summed E-state index contributed by atoms with van der Waals surface area (Å²) in [5.74, 6) is 0.691. The van der Waals surface area contributed by atoms with E-state index in [4.69, 9.17) is 11.6 Å². The van der Waals surface area contributed by atoms with Crippen LogP contribution in [0.2, 0.25) is 0 Å². The van der Waals surface area contributed by atoms with Crippen LogP contribution in [0, 0.1) is 0 Å². The fourth-order valence-corrected chi connectivity index (χ4v) is 2.44. The van der Waals surface area contributed by atoms with Gasteiger partial charge in [-0.1, -0.05) is 24.3 Å². The Morgan fingerprint density at radius 1 is 1.27 bits per heavy atom. The number of hydrogen-bond acceptors (Lipinski definition) is 2. The van der Waals surface area contributed by atoms with E-state index < -0.39 is 0 Å². The first kappa shape index (κ1) is 10.7. The van der Waals surface area contributed by atoms with Crippen LogP contribution >= 0.6 is 22.9 Å². The lowest BCUT2D eigenvalue weighted by atomic mass is 10.3. The lowest BCUT2D eigenvalue weighted by Gasteiger charge is -1.85. The predicted octanol–water partition coefficient (Wildman–Crippen LogP) is 4.02. The largest absolute Gasteiger partial charge is 0.241 e. The molecule has 0 N–H and O–H groups in total. The number of fused-ring (bicyclic) bond motifs is 1. The van der Waals surface area contributed by atoms with Crippen LogP contribution in [-0.4, -0.2) is 10.9 Å². The van der Waals surface area contributed by atoms with E-state index in [0.717, 1.165) is 18.4 Å². The van der Waals surface area contributed by atoms with Gasteiger partial charge < -0.3 is 0 Å². The van der Waals surface area contributed by atoms with Gasteiger partial charge in [-0.3, -0.25) is 0 Å². The highest BCUT2D eigenvalue weighted by Crippen LogP contribution is 2.21. The van der Waals surface area contributed by atoms with Crippen LogP contribution in [0.3, 0.4) is 0 Å². The molecule has 0 spiro atoms. The van der Waals surface area contributed by atoms with Crippen LogP contribution in [0.4, 0.5) is 0 Å². The molecular formula is C12H12ClNS. The van der Waals surface area contributed by atoms with E-state index in [1.807, 2.05) is 12.1 Å². The second-order valence-electron chi connectivity index (χ2n) is 3.23. The Morgan fingerprint density at radius 2 is 2.13 bits per heavy atom. The van der Waals surface area contributed by atoms with Crippen LogP contribution in [0.5, 0.6) is 0 Å². The fraction of sp³-hybridized carbons (Fsp3) is 0.250. The van der Waals surface area contributed by atoms with E-state index in [9.17, 15) is 0 Å². The third kappa shape index (κ3) is 2.80. The molecule has 1 nitrogen and oxygen atoms in total. The third-order valence-corrected chi connectivity index (χ3v) is 3.35. The standard InChI is InChI=1S/C12H12ClNS/c13-9-5-1-2-8-12-14-10-6-3-4-7-11(10)15-12/h1-4,6-7H,5,8-9H2. The maximum Gasteiger partial charge on any atom is 0.0976 e. The monoisotopic (exact) mass is 237 g/mol. The quantitative estimate of drug-likeness (QED) is 0.578. The van der Waals surface area contributed by atoms with Crippen molar-refractivity contribution in [3.63, 3.8) is 0 Å². The number of aromatic nitrogens is 1. The number of alkyl halides is 1. The highest BCUT2D eigenvalue weighted by atomic mass is 35.5. The Labute approximate surface area is 98.4 Å². The van der Waals surface area contributed by atoms with Crippen molar-refractivity contribution in [3.8, 4) is 0 Å². The van der Waals surface area contributed by atoms with Crippen LogP contribution in [-0.2, 0) is 6.42 Å². The zero-order valence-corrected chi connectivity index (χ0v) is 9.89. The molecule has 0 amide bonds. The summed E-state index contributed by atoms with van der Waals surface area (Å²) < 4.78 is 1.26. The SMILES string of the molecule is ClCCC=CCc1nc2ccccc2s1. The number of nitrogens with zero attached hydrogens (tertiary/aromatic N) is 1. The molecule has 0 saturated heterocycles. The molecule has 0 aliphatic heterocycles. The summed E-state index contributed by atoms with van der Waals surface area (Å²) in [7, 11) is 0. The van der Waals surface area contributed by atoms with E-state index in [2.05, 4.69) is 29.3 Å². The summed E-state index contributed by atoms with van der Waals surface area (Å²) in [6.07, 6.45) is 6.10. The number of para-hydroxylation sites is 1. The summed E-state index contributed by atoms with van der Waals surface area (Å²) >= 11 is 7.34. The first-order chi connectivity index (χ1) is 7.40. The van der Waals surface area contributed by atoms with Gasteiger partial charge in [-0.15, -0.1) is 22.9 Å². The number of allylic oxidation sites excluding steroid dienone is 2. The van der Waals surface area contributed by atoms with E-state index in [1.54, 1.807) is 11.3 Å². The molecule has 2 aromatic rings. The number of halogens is 1. The van der Waals surface area contributed by atoms with Crippen LogP contribution in [0.15, 0.2) is 36.4 Å². The van der Waals surface area contributed by atoms with Gasteiger partial charge >= 0.3 is 0 Å². The van der Waals surface area contributed by atoms with Gasteiger partial charge in [0.15, 0.2) is 0 Å². The Balaban J connectivity index is 2.09. The molecule has 3 heteroatoms. The van der Waals surface area contributed by atoms with E-state index in [1.165, 1.54) is 9.71 Å². The molecule has 15 heavy (non-hydrogen) atoms. The average Bonchev–Trinajstić information content (AvgIpc) is 2.67. The van der Waals surface area contributed by atoms with Crippen molar-refractivity contribution in [2.45, 2.75) is 12.8 Å². The molecule has 1 aromatic carbocycles. The average molecular weight is 238 g/mol. The van der Waals surface area contributed by atoms with Gasteiger partial charge in [-0.05, 0) is 18.6 Å². The first-order valence-electron chi connectivity index (χ1n) is 4.95. The number of rotatable bonds is 4. The second kappa shape index (κ2) is 5.29. The van der Waals surface area contributed by atoms with Crippen molar-refractivity contribution < 1.29 is 0 Å². The van der Waals surface area contributed by atoms with E-state index >= 15 is 0 Å². The maximum absolute atomic E-state index is 5.58. The topological polar surface area (TPSA) is 12.9 Å². The molecule has 0 fully saturated rings. The summed E-state index contributed by atoms with van der Waals surface area (Å²) in [5.41, 5.74) is 1.10. The zero-order valence-electron chi connectivity index (χ0n) is 8.32. The minimum absolute atomic E-state index is 0.691. The molecular weight excluding hydrogens is 226 g/mol. The molecule has 0 bridgehead atoms. The predicted molar refractivity (Wildman–Crippen MR) is 67.8 cm³/mol. The molecule has 0 saturated carbocycles. The molecule has 1 heterocycles. The molecule has 0 radical (unpaired) electrons. The number of hydrogen-bond donors (Lipinski definition) is 0. The van der Waals surface area contributed by atoms with Gasteiger partial charge in [0.25, 0.3) is 0 Å². The van der Waals surface area contributed by atoms with Crippen LogP contribution < -0.4 is 0 Å². The van der Waals surface area contributed by atoms with Crippen molar-refractivity contribution in [2.24, 2.45) is 0 Å². The Morgan fingerprint density at radius 3 is 2.93 bits per heavy atom. The Bertz CT molecular complexity index is 428. The summed E-state index contributed by atoms with van der Waals surface area (Å²) in [4.78, 5) is 4.54. The molecule has 0 atom stereocenters. The van der Waals surface area contributed by atoms with Crippen molar-refractivity contribution >= 4 is 33.2 Å². The third-order valence-electron chi connectivity index (χ3n) is 2.07. The van der Waals surface area contributed by atoms with Crippen molar-refractivity contribution in [1.29, 1.82) is 0 Å². The highest BCUT2D eigenvalue weighted by Gasteiger charge is 2.00. The lowest BCUT2D eigenvalue weighted by Crippen LogP contribution is -1.77. The van der Waals surface area contributed by atoms with Gasteiger partial charge in [-0.25, -0.2) is 4.98 Å². The van der Waals surface area contributed by atoms with Crippen LogP contribution in [0.25, 0.3) is 10.2 Å². The van der Waals surface area contributed by atoms with E-state index in [-0.39, 0.29) is 0 Å². The fourth-order valence-electron chi connectivity index (χ4n) is 1.37. The molecule has 0 aliphatic rings. The van der Waals surface area contributed by atoms with Gasteiger partial charge in [-0.2, -0.15) is 0 Å². The van der Waals surface area contributed by atoms with Crippen molar-refractivity contribution in [1.82, 2.24) is 4.98 Å². The van der Waals surface area contributed by atoms with E-state index in [0.29, 0.717) is 5.88 Å². The Kier molecular flexibility index (Phi) is 3.75. The Hall–Kier alpha value is -0.860. The van der Waals surface area contributed by atoms with Gasteiger partial charge in [0.2, 0.25) is 0 Å². The molecule has 0 unspecified atom stereocenters. The normalized spacial score (nSPS) is 11.5. The minimum atomic E-state index is 0.691. The van der Waals surface area contributed by atoms with Crippen molar-refractivity contribution in [2.75, 3.05) is 5.88 Å². The number of benzene rings is 1. The second-order valence-corrected chi connectivity index (χ2v) is 4.72. The molecule has 1 aromatic heterocycles. The lowest BCUT2D eigenvalue weighted by molar-refractivity contribution is 1.16. The van der Waals surface area contributed by atoms with Gasteiger partial charge in [0, 0.05) is 12.3 Å². The van der Waals surface area contributed by atoms with Gasteiger partial charge in [0.1, 0.15) is 0 Å². The maximum atomic E-state index is 5.58. The molecule has 78 valence electrons. The smallest absolute Gasteiger partial charge is 0.0976 e. The van der Waals surface area contributed by atoms with Gasteiger partial charge in [0.05, 0.1) is 15.2 Å². The molecule has 2 rings (SSSR count). The van der Waals surface area contributed by atoms with Crippen LogP contribution in [0.1, 0.15) is 11.4 Å².